The smallest absolute Gasteiger partial charge is 0.265 e. The van der Waals surface area contributed by atoms with Gasteiger partial charge in [-0.15, -0.1) is 11.3 Å². The molecule has 0 fully saturated rings. The summed E-state index contributed by atoms with van der Waals surface area (Å²) >= 11 is 7.39. The lowest BCUT2D eigenvalue weighted by molar-refractivity contribution is -0.117. The second kappa shape index (κ2) is 9.65. The van der Waals surface area contributed by atoms with Crippen molar-refractivity contribution in [3.05, 3.63) is 81.3 Å². The van der Waals surface area contributed by atoms with Gasteiger partial charge in [0.25, 0.3) is 5.91 Å². The molecule has 0 unspecified atom stereocenters. The summed E-state index contributed by atoms with van der Waals surface area (Å²) in [4.78, 5) is 26.6. The quantitative estimate of drug-likeness (QED) is 0.561. The fourth-order valence-electron chi connectivity index (χ4n) is 2.69. The van der Waals surface area contributed by atoms with Crippen LogP contribution in [0.25, 0.3) is 0 Å². The zero-order chi connectivity index (χ0) is 20.8. The van der Waals surface area contributed by atoms with E-state index in [-0.39, 0.29) is 24.9 Å². The molecule has 1 heterocycles. The lowest BCUT2D eigenvalue weighted by atomic mass is 10.2. The van der Waals surface area contributed by atoms with Gasteiger partial charge in [-0.25, -0.2) is 4.39 Å². The Kier molecular flexibility index (Phi) is 6.98. The highest BCUT2D eigenvalue weighted by molar-refractivity contribution is 7.12. The summed E-state index contributed by atoms with van der Waals surface area (Å²) in [6, 6.07) is 14.9. The maximum atomic E-state index is 13.9. The van der Waals surface area contributed by atoms with Crippen LogP contribution in [-0.2, 0) is 11.3 Å². The minimum Gasteiger partial charge on any atom is -0.325 e. The van der Waals surface area contributed by atoms with E-state index in [0.717, 1.165) is 0 Å². The third-order valence-electron chi connectivity index (χ3n) is 4.07. The van der Waals surface area contributed by atoms with Gasteiger partial charge in [0.1, 0.15) is 5.82 Å². The van der Waals surface area contributed by atoms with Crippen molar-refractivity contribution in [1.82, 2.24) is 4.90 Å². The minimum absolute atomic E-state index is 0.0710. The lowest BCUT2D eigenvalue weighted by Gasteiger charge is -2.17. The van der Waals surface area contributed by atoms with Crippen LogP contribution in [-0.4, -0.2) is 30.3 Å². The van der Waals surface area contributed by atoms with E-state index in [1.54, 1.807) is 54.4 Å². The van der Waals surface area contributed by atoms with Crippen molar-refractivity contribution in [3.63, 3.8) is 0 Å². The van der Waals surface area contributed by atoms with E-state index in [4.69, 9.17) is 11.6 Å². The Labute approximate surface area is 177 Å². The van der Waals surface area contributed by atoms with E-state index >= 15 is 0 Å². The molecular weight excluding hydrogens is 413 g/mol. The first-order valence-corrected chi connectivity index (χ1v) is 10.0. The molecule has 0 radical (unpaired) electrons. The van der Waals surface area contributed by atoms with Gasteiger partial charge in [-0.3, -0.25) is 14.5 Å². The van der Waals surface area contributed by atoms with Gasteiger partial charge in [0.05, 0.1) is 11.4 Å². The SMILES string of the molecule is CN(CC(=O)Nc1ccc(NC(=O)c2cccs2)cc1)Cc1c(F)cccc1Cl. The molecule has 3 aromatic rings. The first-order chi connectivity index (χ1) is 13.9. The van der Waals surface area contributed by atoms with Gasteiger partial charge in [0.15, 0.2) is 0 Å². The summed E-state index contributed by atoms with van der Waals surface area (Å²) in [6.45, 7) is 0.286. The summed E-state index contributed by atoms with van der Waals surface area (Å²) in [5.41, 5.74) is 1.59. The van der Waals surface area contributed by atoms with Crippen molar-refractivity contribution in [2.24, 2.45) is 0 Å². The number of halogens is 2. The standard InChI is InChI=1S/C21H19ClFN3O2S/c1-26(12-16-17(22)4-2-5-18(16)23)13-20(27)24-14-7-9-15(10-8-14)25-21(28)19-6-3-11-29-19/h2-11H,12-13H2,1H3,(H,24,27)(H,25,28). The Bertz CT molecular complexity index is 973. The number of hydrogen-bond donors (Lipinski definition) is 2. The van der Waals surface area contributed by atoms with Crippen LogP contribution >= 0.6 is 22.9 Å². The second-order valence-corrected chi connectivity index (χ2v) is 7.78. The van der Waals surface area contributed by atoms with Crippen LogP contribution in [0.15, 0.2) is 60.0 Å². The highest BCUT2D eigenvalue weighted by atomic mass is 35.5. The van der Waals surface area contributed by atoms with Gasteiger partial charge in [-0.1, -0.05) is 23.7 Å². The van der Waals surface area contributed by atoms with Crippen molar-refractivity contribution >= 4 is 46.1 Å². The fraction of sp³-hybridized carbons (Fsp3) is 0.143. The monoisotopic (exact) mass is 431 g/mol. The molecule has 0 spiro atoms. The molecule has 0 saturated carbocycles. The third kappa shape index (κ3) is 5.87. The van der Waals surface area contributed by atoms with Crippen LogP contribution in [0, 0.1) is 5.82 Å². The Morgan fingerprint density at radius 3 is 2.34 bits per heavy atom. The number of carbonyl (C=O) groups excluding carboxylic acids is 2. The first-order valence-electron chi connectivity index (χ1n) is 8.78. The largest absolute Gasteiger partial charge is 0.325 e. The molecule has 3 rings (SSSR count). The molecule has 0 aliphatic heterocycles. The number of carbonyl (C=O) groups is 2. The van der Waals surface area contributed by atoms with Crippen molar-refractivity contribution in [2.75, 3.05) is 24.2 Å². The van der Waals surface area contributed by atoms with E-state index in [1.807, 2.05) is 11.4 Å². The summed E-state index contributed by atoms with van der Waals surface area (Å²) in [6.07, 6.45) is 0. The fourth-order valence-corrected chi connectivity index (χ4v) is 3.53. The van der Waals surface area contributed by atoms with Crippen LogP contribution in [0.5, 0.6) is 0 Å². The Morgan fingerprint density at radius 2 is 1.72 bits per heavy atom. The average Bonchev–Trinajstić information content (AvgIpc) is 3.21. The number of nitrogens with zero attached hydrogens (tertiary/aromatic N) is 1. The van der Waals surface area contributed by atoms with Crippen LogP contribution in [0.4, 0.5) is 15.8 Å². The number of hydrogen-bond acceptors (Lipinski definition) is 4. The number of rotatable bonds is 7. The number of benzene rings is 2. The second-order valence-electron chi connectivity index (χ2n) is 6.43. The maximum Gasteiger partial charge on any atom is 0.265 e. The number of anilines is 2. The predicted octanol–water partition coefficient (Wildman–Crippen LogP) is 4.86. The number of thiophene rings is 1. The average molecular weight is 432 g/mol. The van der Waals surface area contributed by atoms with Crippen molar-refractivity contribution in [2.45, 2.75) is 6.54 Å². The molecule has 0 aliphatic carbocycles. The third-order valence-corrected chi connectivity index (χ3v) is 5.30. The molecule has 0 atom stereocenters. The number of likely N-dealkylation sites (N-methyl/N-ethyl adjacent to an activating group) is 1. The van der Waals surface area contributed by atoms with E-state index in [9.17, 15) is 14.0 Å². The van der Waals surface area contributed by atoms with Gasteiger partial charge in [0, 0.05) is 28.5 Å². The highest BCUT2D eigenvalue weighted by Crippen LogP contribution is 2.20. The molecule has 8 heteroatoms. The van der Waals surface area contributed by atoms with Gasteiger partial charge in [-0.2, -0.15) is 0 Å². The maximum absolute atomic E-state index is 13.9. The highest BCUT2D eigenvalue weighted by Gasteiger charge is 2.13. The van der Waals surface area contributed by atoms with Crippen molar-refractivity contribution < 1.29 is 14.0 Å². The molecule has 0 aliphatic rings. The van der Waals surface area contributed by atoms with Gasteiger partial charge in [-0.05, 0) is 54.9 Å². The van der Waals surface area contributed by atoms with Crippen LogP contribution in [0.1, 0.15) is 15.2 Å². The number of amides is 2. The van der Waals surface area contributed by atoms with E-state index in [1.165, 1.54) is 17.4 Å². The van der Waals surface area contributed by atoms with Crippen LogP contribution in [0.2, 0.25) is 5.02 Å². The molecule has 0 saturated heterocycles. The molecule has 0 bridgehead atoms. The van der Waals surface area contributed by atoms with E-state index < -0.39 is 5.82 Å². The summed E-state index contributed by atoms with van der Waals surface area (Å²) < 4.78 is 13.9. The Hall–Kier alpha value is -2.74. The number of nitrogens with one attached hydrogen (secondary N) is 2. The zero-order valence-corrected chi connectivity index (χ0v) is 17.2. The predicted molar refractivity (Wildman–Crippen MR) is 115 cm³/mol. The zero-order valence-electron chi connectivity index (χ0n) is 15.6. The first kappa shape index (κ1) is 21.0. The molecule has 29 heavy (non-hydrogen) atoms. The van der Waals surface area contributed by atoms with Gasteiger partial charge < -0.3 is 10.6 Å². The normalized spacial score (nSPS) is 10.8. The molecule has 1 aromatic heterocycles. The molecule has 2 aromatic carbocycles. The molecule has 2 amide bonds. The van der Waals surface area contributed by atoms with Crippen molar-refractivity contribution in [3.8, 4) is 0 Å². The molecule has 2 N–H and O–H groups in total. The molecular formula is C21H19ClFN3O2S. The molecule has 5 nitrogen and oxygen atoms in total. The van der Waals surface area contributed by atoms with Gasteiger partial charge >= 0.3 is 0 Å². The lowest BCUT2D eigenvalue weighted by Crippen LogP contribution is -2.30. The summed E-state index contributed by atoms with van der Waals surface area (Å²) in [5.74, 6) is -0.814. The minimum atomic E-state index is -0.398. The van der Waals surface area contributed by atoms with Crippen molar-refractivity contribution in [1.29, 1.82) is 0 Å². The Morgan fingerprint density at radius 1 is 1.03 bits per heavy atom. The summed E-state index contributed by atoms with van der Waals surface area (Å²) in [7, 11) is 1.71. The summed E-state index contributed by atoms with van der Waals surface area (Å²) in [5, 5.41) is 7.74. The van der Waals surface area contributed by atoms with Crippen LogP contribution < -0.4 is 10.6 Å². The van der Waals surface area contributed by atoms with E-state index in [0.29, 0.717) is 26.8 Å². The van der Waals surface area contributed by atoms with E-state index in [2.05, 4.69) is 10.6 Å². The topological polar surface area (TPSA) is 61.4 Å². The van der Waals surface area contributed by atoms with Gasteiger partial charge in [0.2, 0.25) is 5.91 Å². The Balaban J connectivity index is 1.52. The van der Waals surface area contributed by atoms with Crippen LogP contribution in [0.3, 0.4) is 0 Å². The molecule has 150 valence electrons.